The average molecular weight is 397 g/mol. The molecule has 0 atom stereocenters. The van der Waals surface area contributed by atoms with Gasteiger partial charge in [0.1, 0.15) is 5.75 Å². The van der Waals surface area contributed by atoms with E-state index in [2.05, 4.69) is 15.3 Å². The van der Waals surface area contributed by atoms with Gasteiger partial charge in [-0.1, -0.05) is 11.6 Å². The molecule has 0 radical (unpaired) electrons. The van der Waals surface area contributed by atoms with Crippen molar-refractivity contribution in [1.82, 2.24) is 14.9 Å². The molecule has 144 valence electrons. The standard InChI is InChI=1S/C21H21ClN4O2/c1-26(10-7-15-5-8-23-9-6-15)21(27)16-11-18(14-24-13-16)25-17-3-4-20(28-2)19(22)12-17/h3-6,8-9,11-14,25H,7,10H2,1-2H3. The van der Waals surface area contributed by atoms with Gasteiger partial charge in [0.25, 0.3) is 5.91 Å². The largest absolute Gasteiger partial charge is 0.495 e. The zero-order valence-corrected chi connectivity index (χ0v) is 16.5. The van der Waals surface area contributed by atoms with E-state index in [1.807, 2.05) is 18.2 Å². The number of pyridine rings is 2. The number of benzene rings is 1. The van der Waals surface area contributed by atoms with Crippen molar-refractivity contribution in [2.75, 3.05) is 26.0 Å². The van der Waals surface area contributed by atoms with E-state index in [1.54, 1.807) is 62.0 Å². The minimum atomic E-state index is -0.0852. The van der Waals surface area contributed by atoms with Crippen LogP contribution in [-0.2, 0) is 6.42 Å². The summed E-state index contributed by atoms with van der Waals surface area (Å²) >= 11 is 6.16. The molecule has 0 aliphatic carbocycles. The fraction of sp³-hybridized carbons (Fsp3) is 0.190. The third-order valence-corrected chi connectivity index (χ3v) is 4.55. The highest BCUT2D eigenvalue weighted by Gasteiger charge is 2.13. The highest BCUT2D eigenvalue weighted by Crippen LogP contribution is 2.28. The quantitative estimate of drug-likeness (QED) is 0.648. The van der Waals surface area contributed by atoms with Crippen LogP contribution in [0.3, 0.4) is 0 Å². The Morgan fingerprint density at radius 1 is 1.11 bits per heavy atom. The van der Waals surface area contributed by atoms with Crippen molar-refractivity contribution in [2.45, 2.75) is 6.42 Å². The Balaban J connectivity index is 1.66. The molecule has 28 heavy (non-hydrogen) atoms. The summed E-state index contributed by atoms with van der Waals surface area (Å²) < 4.78 is 5.16. The lowest BCUT2D eigenvalue weighted by Gasteiger charge is -2.17. The van der Waals surface area contributed by atoms with Crippen LogP contribution in [0.25, 0.3) is 0 Å². The lowest BCUT2D eigenvalue weighted by molar-refractivity contribution is 0.0796. The van der Waals surface area contributed by atoms with Crippen molar-refractivity contribution in [2.24, 2.45) is 0 Å². The van der Waals surface area contributed by atoms with Crippen molar-refractivity contribution < 1.29 is 9.53 Å². The number of ether oxygens (including phenoxy) is 1. The number of rotatable bonds is 7. The van der Waals surface area contributed by atoms with Crippen molar-refractivity contribution in [3.8, 4) is 5.75 Å². The second-order valence-electron chi connectivity index (χ2n) is 6.27. The Kier molecular flexibility index (Phi) is 6.45. The van der Waals surface area contributed by atoms with Crippen LogP contribution in [0.15, 0.2) is 61.2 Å². The van der Waals surface area contributed by atoms with E-state index in [9.17, 15) is 4.79 Å². The van der Waals surface area contributed by atoms with Gasteiger partial charge >= 0.3 is 0 Å². The molecule has 0 bridgehead atoms. The van der Waals surface area contributed by atoms with E-state index in [4.69, 9.17) is 16.3 Å². The monoisotopic (exact) mass is 396 g/mol. The normalized spacial score (nSPS) is 10.4. The second kappa shape index (κ2) is 9.19. The minimum absolute atomic E-state index is 0.0852. The van der Waals surface area contributed by atoms with Crippen LogP contribution >= 0.6 is 11.6 Å². The molecular formula is C21H21ClN4O2. The molecule has 6 nitrogen and oxygen atoms in total. The maximum atomic E-state index is 12.7. The van der Waals surface area contributed by atoms with E-state index in [0.29, 0.717) is 28.6 Å². The predicted molar refractivity (Wildman–Crippen MR) is 110 cm³/mol. The molecule has 0 aliphatic rings. The number of anilines is 2. The zero-order valence-electron chi connectivity index (χ0n) is 15.7. The Morgan fingerprint density at radius 2 is 1.89 bits per heavy atom. The molecule has 1 N–H and O–H groups in total. The summed E-state index contributed by atoms with van der Waals surface area (Å²) in [5, 5.41) is 3.71. The van der Waals surface area contributed by atoms with Crippen LogP contribution < -0.4 is 10.1 Å². The number of carbonyl (C=O) groups excluding carboxylic acids is 1. The van der Waals surface area contributed by atoms with E-state index in [-0.39, 0.29) is 5.91 Å². The summed E-state index contributed by atoms with van der Waals surface area (Å²) in [5.41, 5.74) is 3.14. The molecule has 0 fully saturated rings. The van der Waals surface area contributed by atoms with Crippen LogP contribution in [0.2, 0.25) is 5.02 Å². The summed E-state index contributed by atoms with van der Waals surface area (Å²) in [4.78, 5) is 22.6. The van der Waals surface area contributed by atoms with Gasteiger partial charge in [-0.25, -0.2) is 0 Å². The number of nitrogens with zero attached hydrogens (tertiary/aromatic N) is 3. The third kappa shape index (κ3) is 4.98. The fourth-order valence-corrected chi connectivity index (χ4v) is 2.96. The molecule has 3 rings (SSSR count). The summed E-state index contributed by atoms with van der Waals surface area (Å²) in [7, 11) is 3.35. The molecule has 7 heteroatoms. The molecule has 2 heterocycles. The van der Waals surface area contributed by atoms with Crippen LogP contribution in [0, 0.1) is 0 Å². The molecule has 3 aromatic rings. The number of amides is 1. The molecule has 2 aromatic heterocycles. The van der Waals surface area contributed by atoms with Crippen molar-refractivity contribution >= 4 is 28.9 Å². The molecule has 1 amide bonds. The lowest BCUT2D eigenvalue weighted by atomic mass is 10.2. The molecule has 0 saturated carbocycles. The maximum absolute atomic E-state index is 12.7. The van der Waals surface area contributed by atoms with Gasteiger partial charge in [0.05, 0.1) is 29.6 Å². The zero-order chi connectivity index (χ0) is 19.9. The third-order valence-electron chi connectivity index (χ3n) is 4.26. The van der Waals surface area contributed by atoms with Crippen LogP contribution in [0.1, 0.15) is 15.9 Å². The number of carbonyl (C=O) groups is 1. The number of aromatic nitrogens is 2. The molecule has 0 aliphatic heterocycles. The van der Waals surface area contributed by atoms with E-state index in [0.717, 1.165) is 17.7 Å². The number of hydrogen-bond acceptors (Lipinski definition) is 5. The summed E-state index contributed by atoms with van der Waals surface area (Å²) in [6.07, 6.45) is 7.49. The molecular weight excluding hydrogens is 376 g/mol. The Morgan fingerprint density at radius 3 is 2.61 bits per heavy atom. The van der Waals surface area contributed by atoms with E-state index in [1.165, 1.54) is 0 Å². The SMILES string of the molecule is COc1ccc(Nc2cncc(C(=O)N(C)CCc3ccncc3)c2)cc1Cl. The number of nitrogens with one attached hydrogen (secondary N) is 1. The minimum Gasteiger partial charge on any atom is -0.495 e. The van der Waals surface area contributed by atoms with E-state index < -0.39 is 0 Å². The molecule has 1 aromatic carbocycles. The number of methoxy groups -OCH3 is 1. The summed E-state index contributed by atoms with van der Waals surface area (Å²) in [6, 6.07) is 11.1. The first-order valence-corrected chi connectivity index (χ1v) is 9.14. The first-order valence-electron chi connectivity index (χ1n) is 8.77. The smallest absolute Gasteiger partial charge is 0.255 e. The van der Waals surface area contributed by atoms with E-state index >= 15 is 0 Å². The van der Waals surface area contributed by atoms with Gasteiger partial charge < -0.3 is 15.0 Å². The van der Waals surface area contributed by atoms with Crippen molar-refractivity contribution in [1.29, 1.82) is 0 Å². The highest BCUT2D eigenvalue weighted by atomic mass is 35.5. The predicted octanol–water partition coefficient (Wildman–Crippen LogP) is 4.20. The summed E-state index contributed by atoms with van der Waals surface area (Å²) in [5.74, 6) is 0.517. The van der Waals surface area contributed by atoms with Gasteiger partial charge in [0, 0.05) is 37.9 Å². The summed E-state index contributed by atoms with van der Waals surface area (Å²) in [6.45, 7) is 0.606. The number of hydrogen-bond donors (Lipinski definition) is 1. The van der Waals surface area contributed by atoms with Crippen molar-refractivity contribution in [3.63, 3.8) is 0 Å². The highest BCUT2D eigenvalue weighted by molar-refractivity contribution is 6.32. The number of likely N-dealkylation sites (N-methyl/N-ethyl adjacent to an activating group) is 1. The van der Waals surface area contributed by atoms with Crippen molar-refractivity contribution in [3.05, 3.63) is 77.3 Å². The van der Waals surface area contributed by atoms with Gasteiger partial charge in [0.15, 0.2) is 0 Å². The van der Waals surface area contributed by atoms with Gasteiger partial charge in [-0.05, 0) is 48.4 Å². The topological polar surface area (TPSA) is 67.3 Å². The molecule has 0 unspecified atom stereocenters. The Bertz CT molecular complexity index is 950. The lowest BCUT2D eigenvalue weighted by Crippen LogP contribution is -2.29. The first kappa shape index (κ1) is 19.6. The molecule has 0 saturated heterocycles. The van der Waals surface area contributed by atoms with Crippen LogP contribution in [0.5, 0.6) is 5.75 Å². The Labute approximate surface area is 169 Å². The van der Waals surface area contributed by atoms with Gasteiger partial charge in [0.2, 0.25) is 0 Å². The van der Waals surface area contributed by atoms with Gasteiger partial charge in [-0.2, -0.15) is 0 Å². The Hall–Kier alpha value is -3.12. The first-order chi connectivity index (χ1) is 13.6. The average Bonchev–Trinajstić information content (AvgIpc) is 2.72. The second-order valence-corrected chi connectivity index (χ2v) is 6.68. The van der Waals surface area contributed by atoms with Crippen LogP contribution in [-0.4, -0.2) is 41.5 Å². The molecule has 0 spiro atoms. The maximum Gasteiger partial charge on any atom is 0.255 e. The van der Waals surface area contributed by atoms with Gasteiger partial charge in [-0.15, -0.1) is 0 Å². The fourth-order valence-electron chi connectivity index (χ4n) is 2.70. The van der Waals surface area contributed by atoms with Crippen LogP contribution in [0.4, 0.5) is 11.4 Å². The van der Waals surface area contributed by atoms with Gasteiger partial charge in [-0.3, -0.25) is 14.8 Å². The number of halogens is 1.